The van der Waals surface area contributed by atoms with Crippen LogP contribution in [0, 0.1) is 0 Å². The molecule has 1 atom stereocenters. The maximum atomic E-state index is 10.7. The van der Waals surface area contributed by atoms with E-state index in [4.69, 9.17) is 4.74 Å². The van der Waals surface area contributed by atoms with Crippen LogP contribution in [-0.4, -0.2) is 17.9 Å². The van der Waals surface area contributed by atoms with Crippen molar-refractivity contribution in [2.75, 3.05) is 0 Å². The van der Waals surface area contributed by atoms with Gasteiger partial charge < -0.3 is 4.74 Å². The van der Waals surface area contributed by atoms with Gasteiger partial charge in [0.2, 0.25) is 0 Å². The van der Waals surface area contributed by atoms with Gasteiger partial charge in [-0.05, 0) is 6.92 Å². The minimum Gasteiger partial charge on any atom is -0.454 e. The van der Waals surface area contributed by atoms with Crippen molar-refractivity contribution in [3.8, 4) is 0 Å². The van der Waals surface area contributed by atoms with Crippen LogP contribution in [0.1, 0.15) is 20.3 Å². The predicted molar refractivity (Wildman–Crippen MR) is 41.0 cm³/mol. The Balaban J connectivity index is 3.99. The molecule has 0 unspecified atom stereocenters. The highest BCUT2D eigenvalue weighted by Crippen LogP contribution is 2.00. The Kier molecular flexibility index (Phi) is 4.18. The molecule has 0 aliphatic carbocycles. The average molecular weight is 156 g/mol. The van der Waals surface area contributed by atoms with E-state index in [-0.39, 0.29) is 5.78 Å². The number of carbonyl (C=O) groups excluding carboxylic acids is 2. The van der Waals surface area contributed by atoms with Gasteiger partial charge >= 0.3 is 5.97 Å². The molecular formula is C8H12O3. The monoisotopic (exact) mass is 156 g/mol. The largest absolute Gasteiger partial charge is 0.454 e. The Bertz CT molecular complexity index is 172. The van der Waals surface area contributed by atoms with Gasteiger partial charge in [-0.3, -0.25) is 9.59 Å². The predicted octanol–water partition coefficient (Wildman–Crippen LogP) is 1.08. The highest BCUT2D eigenvalue weighted by atomic mass is 16.5. The van der Waals surface area contributed by atoms with Gasteiger partial charge in [-0.1, -0.05) is 6.08 Å². The third kappa shape index (κ3) is 4.31. The second kappa shape index (κ2) is 4.66. The first-order chi connectivity index (χ1) is 5.07. The first kappa shape index (κ1) is 9.88. The molecule has 0 heterocycles. The van der Waals surface area contributed by atoms with E-state index in [1.807, 2.05) is 0 Å². The zero-order chi connectivity index (χ0) is 8.85. The first-order valence-corrected chi connectivity index (χ1v) is 3.36. The summed E-state index contributed by atoms with van der Waals surface area (Å²) >= 11 is 0. The molecule has 3 nitrogen and oxygen atoms in total. The maximum Gasteiger partial charge on any atom is 0.303 e. The van der Waals surface area contributed by atoms with E-state index < -0.39 is 12.1 Å². The van der Waals surface area contributed by atoms with Crippen LogP contribution in [-0.2, 0) is 14.3 Å². The summed E-state index contributed by atoms with van der Waals surface area (Å²) in [4.78, 5) is 21.2. The van der Waals surface area contributed by atoms with Crippen LogP contribution in [0.2, 0.25) is 0 Å². The second-order valence-electron chi connectivity index (χ2n) is 2.23. The van der Waals surface area contributed by atoms with Crippen LogP contribution >= 0.6 is 0 Å². The molecule has 0 fully saturated rings. The van der Waals surface area contributed by atoms with E-state index in [1.165, 1.54) is 13.8 Å². The lowest BCUT2D eigenvalue weighted by molar-refractivity contribution is -0.152. The van der Waals surface area contributed by atoms with Crippen molar-refractivity contribution >= 4 is 11.8 Å². The average Bonchev–Trinajstić information content (AvgIpc) is 1.86. The molecule has 0 N–H and O–H groups in total. The Morgan fingerprint density at radius 3 is 2.36 bits per heavy atom. The van der Waals surface area contributed by atoms with E-state index in [9.17, 15) is 9.59 Å². The van der Waals surface area contributed by atoms with E-state index in [1.54, 1.807) is 6.08 Å². The molecule has 0 aromatic carbocycles. The van der Waals surface area contributed by atoms with Gasteiger partial charge in [0.15, 0.2) is 11.9 Å². The maximum absolute atomic E-state index is 10.7. The van der Waals surface area contributed by atoms with Crippen molar-refractivity contribution in [3.05, 3.63) is 12.7 Å². The molecule has 0 rings (SSSR count). The molecule has 11 heavy (non-hydrogen) atoms. The molecule has 62 valence electrons. The van der Waals surface area contributed by atoms with Crippen molar-refractivity contribution in [1.82, 2.24) is 0 Å². The molecular weight excluding hydrogens is 144 g/mol. The molecule has 0 saturated carbocycles. The summed E-state index contributed by atoms with van der Waals surface area (Å²) in [5.41, 5.74) is 0. The Morgan fingerprint density at radius 1 is 1.55 bits per heavy atom. The Morgan fingerprint density at radius 2 is 2.09 bits per heavy atom. The zero-order valence-corrected chi connectivity index (χ0v) is 6.79. The molecule has 0 aromatic rings. The number of rotatable bonds is 4. The smallest absolute Gasteiger partial charge is 0.303 e. The van der Waals surface area contributed by atoms with Gasteiger partial charge in [-0.15, -0.1) is 6.58 Å². The lowest BCUT2D eigenvalue weighted by Crippen LogP contribution is -2.23. The molecule has 0 aliphatic rings. The van der Waals surface area contributed by atoms with E-state index >= 15 is 0 Å². The summed E-state index contributed by atoms with van der Waals surface area (Å²) < 4.78 is 4.69. The van der Waals surface area contributed by atoms with Crippen LogP contribution in [0.25, 0.3) is 0 Å². The molecule has 0 amide bonds. The number of Topliss-reactive ketones (excluding diaryl/α,β-unsaturated/α-hetero) is 1. The van der Waals surface area contributed by atoms with Crippen molar-refractivity contribution in [1.29, 1.82) is 0 Å². The normalized spacial score (nSPS) is 11.8. The zero-order valence-electron chi connectivity index (χ0n) is 6.79. The molecule has 0 saturated heterocycles. The summed E-state index contributed by atoms with van der Waals surface area (Å²) in [6.45, 7) is 6.11. The van der Waals surface area contributed by atoms with Gasteiger partial charge in [0.05, 0.1) is 0 Å². The van der Waals surface area contributed by atoms with Crippen molar-refractivity contribution in [3.63, 3.8) is 0 Å². The number of esters is 1. The minimum atomic E-state index is -0.648. The third-order valence-electron chi connectivity index (χ3n) is 1.14. The van der Waals surface area contributed by atoms with Crippen LogP contribution in [0.4, 0.5) is 0 Å². The molecule has 0 aromatic heterocycles. The van der Waals surface area contributed by atoms with Gasteiger partial charge in [-0.25, -0.2) is 0 Å². The highest BCUT2D eigenvalue weighted by molar-refractivity contribution is 5.83. The van der Waals surface area contributed by atoms with Crippen molar-refractivity contribution in [2.24, 2.45) is 0 Å². The fourth-order valence-corrected chi connectivity index (χ4v) is 0.649. The highest BCUT2D eigenvalue weighted by Gasteiger charge is 2.14. The summed E-state index contributed by atoms with van der Waals surface area (Å²) in [6, 6.07) is 0. The van der Waals surface area contributed by atoms with Crippen molar-refractivity contribution in [2.45, 2.75) is 26.4 Å². The number of ether oxygens (including phenoxy) is 1. The quantitative estimate of drug-likeness (QED) is 0.452. The summed E-state index contributed by atoms with van der Waals surface area (Å²) in [5, 5.41) is 0. The number of ketones is 1. The summed E-state index contributed by atoms with van der Waals surface area (Å²) in [5.74, 6) is -0.591. The molecule has 0 spiro atoms. The van der Waals surface area contributed by atoms with Crippen LogP contribution in [0.15, 0.2) is 12.7 Å². The molecule has 0 aliphatic heterocycles. The number of hydrogen-bond acceptors (Lipinski definition) is 3. The number of hydrogen-bond donors (Lipinski definition) is 0. The lowest BCUT2D eigenvalue weighted by Gasteiger charge is -2.10. The fourth-order valence-electron chi connectivity index (χ4n) is 0.649. The van der Waals surface area contributed by atoms with E-state index in [0.717, 1.165) is 0 Å². The third-order valence-corrected chi connectivity index (χ3v) is 1.14. The Labute approximate surface area is 66.0 Å². The topological polar surface area (TPSA) is 43.4 Å². The second-order valence-corrected chi connectivity index (χ2v) is 2.23. The molecule has 0 radical (unpaired) electrons. The summed E-state index contributed by atoms with van der Waals surface area (Å²) in [6.07, 6.45) is 1.29. The minimum absolute atomic E-state index is 0.153. The van der Waals surface area contributed by atoms with Crippen molar-refractivity contribution < 1.29 is 14.3 Å². The van der Waals surface area contributed by atoms with Gasteiger partial charge in [-0.2, -0.15) is 0 Å². The molecule has 0 bridgehead atoms. The van der Waals surface area contributed by atoms with Crippen LogP contribution < -0.4 is 0 Å². The SMILES string of the molecule is C=CC[C@H](OC(C)=O)C(C)=O. The van der Waals surface area contributed by atoms with Gasteiger partial charge in [0.1, 0.15) is 0 Å². The first-order valence-electron chi connectivity index (χ1n) is 3.36. The van der Waals surface area contributed by atoms with Crippen LogP contribution in [0.3, 0.4) is 0 Å². The lowest BCUT2D eigenvalue weighted by atomic mass is 10.2. The summed E-state index contributed by atoms with van der Waals surface area (Å²) in [7, 11) is 0. The van der Waals surface area contributed by atoms with E-state index in [2.05, 4.69) is 6.58 Å². The van der Waals surface area contributed by atoms with Gasteiger partial charge in [0.25, 0.3) is 0 Å². The molecule has 3 heteroatoms. The van der Waals surface area contributed by atoms with E-state index in [0.29, 0.717) is 6.42 Å². The standard InChI is InChI=1S/C8H12O3/c1-4-5-8(6(2)9)11-7(3)10/h4,8H,1,5H2,2-3H3/t8-/m0/s1. The fraction of sp³-hybridized carbons (Fsp3) is 0.500. The van der Waals surface area contributed by atoms with Gasteiger partial charge in [0, 0.05) is 13.3 Å². The Hall–Kier alpha value is -1.12. The van der Waals surface area contributed by atoms with Crippen LogP contribution in [0.5, 0.6) is 0 Å². The number of carbonyl (C=O) groups is 2.